The number of likely N-dealkylation sites (N-methyl/N-ethyl adjacent to an activating group) is 1. The van der Waals surface area contributed by atoms with E-state index >= 15 is 0 Å². The number of methoxy groups -OCH3 is 2. The van der Waals surface area contributed by atoms with Gasteiger partial charge in [0.25, 0.3) is 0 Å². The molecule has 2 aromatic carbocycles. The minimum Gasteiger partial charge on any atom is -0.493 e. The summed E-state index contributed by atoms with van der Waals surface area (Å²) in [4.78, 5) is 15.0. The molecule has 1 aliphatic carbocycles. The van der Waals surface area contributed by atoms with Gasteiger partial charge in [0.2, 0.25) is 0 Å². The van der Waals surface area contributed by atoms with E-state index in [1.807, 2.05) is 30.3 Å². The largest absolute Gasteiger partial charge is 0.493 e. The number of nitrogens with zero attached hydrogens (tertiary/aromatic N) is 1. The number of halogens is 1. The number of benzene rings is 2. The molecule has 4 rings (SSSR count). The van der Waals surface area contributed by atoms with Gasteiger partial charge in [0.1, 0.15) is 0 Å². The number of fused-ring (bicyclic) bond motifs is 1. The van der Waals surface area contributed by atoms with Crippen molar-refractivity contribution in [3.8, 4) is 11.5 Å². The van der Waals surface area contributed by atoms with E-state index in [2.05, 4.69) is 50.6 Å². The number of ether oxygens (including phenoxy) is 2. The Morgan fingerprint density at radius 2 is 1.84 bits per heavy atom. The molecule has 3 unspecified atom stereocenters. The van der Waals surface area contributed by atoms with Gasteiger partial charge >= 0.3 is 6.03 Å². The second kappa shape index (κ2) is 9.09. The monoisotopic (exact) mass is 487 g/mol. The number of urea groups is 1. The fraction of sp³-hybridized carbons (Fsp3) is 0.458. The highest BCUT2D eigenvalue weighted by Gasteiger charge is 2.50. The number of amides is 2. The maximum atomic E-state index is 12.6. The molecule has 0 radical (unpaired) electrons. The lowest BCUT2D eigenvalue weighted by atomic mass is 9.65. The first-order valence-electron chi connectivity index (χ1n) is 10.7. The van der Waals surface area contributed by atoms with Crippen LogP contribution in [-0.4, -0.2) is 50.8 Å². The van der Waals surface area contributed by atoms with E-state index in [1.165, 1.54) is 5.56 Å². The highest BCUT2D eigenvalue weighted by Crippen LogP contribution is 2.49. The van der Waals surface area contributed by atoms with E-state index in [0.717, 1.165) is 53.9 Å². The van der Waals surface area contributed by atoms with Crippen molar-refractivity contribution < 1.29 is 14.3 Å². The number of nitrogens with one attached hydrogen (secondary N) is 2. The summed E-state index contributed by atoms with van der Waals surface area (Å²) in [6, 6.07) is 14.3. The third-order valence-electron chi connectivity index (χ3n) is 6.92. The van der Waals surface area contributed by atoms with Crippen molar-refractivity contribution in [2.24, 2.45) is 0 Å². The van der Waals surface area contributed by atoms with Gasteiger partial charge in [-0.1, -0.05) is 22.0 Å². The zero-order chi connectivity index (χ0) is 22.0. The molecule has 0 spiro atoms. The van der Waals surface area contributed by atoms with Gasteiger partial charge in [-0.3, -0.25) is 0 Å². The van der Waals surface area contributed by atoms with Crippen LogP contribution in [0.3, 0.4) is 0 Å². The summed E-state index contributed by atoms with van der Waals surface area (Å²) in [7, 11) is 5.54. The third kappa shape index (κ3) is 4.39. The van der Waals surface area contributed by atoms with Gasteiger partial charge < -0.3 is 25.0 Å². The number of likely N-dealkylation sites (tertiary alicyclic amines) is 1. The van der Waals surface area contributed by atoms with Crippen LogP contribution in [0.1, 0.15) is 31.2 Å². The first-order valence-corrected chi connectivity index (χ1v) is 11.5. The van der Waals surface area contributed by atoms with Crippen molar-refractivity contribution in [1.29, 1.82) is 0 Å². The summed E-state index contributed by atoms with van der Waals surface area (Å²) < 4.78 is 12.0. The molecule has 31 heavy (non-hydrogen) atoms. The summed E-state index contributed by atoms with van der Waals surface area (Å²) in [6.07, 6.45) is 4.02. The molecule has 1 heterocycles. The molecular weight excluding hydrogens is 458 g/mol. The van der Waals surface area contributed by atoms with E-state index in [9.17, 15) is 4.79 Å². The van der Waals surface area contributed by atoms with Gasteiger partial charge in [0.15, 0.2) is 11.5 Å². The Labute approximate surface area is 192 Å². The van der Waals surface area contributed by atoms with Gasteiger partial charge in [-0.05, 0) is 81.2 Å². The average Bonchev–Trinajstić information content (AvgIpc) is 3.12. The lowest BCUT2D eigenvalue weighted by Gasteiger charge is -2.45. The summed E-state index contributed by atoms with van der Waals surface area (Å²) in [6.45, 7) is 1.05. The first kappa shape index (κ1) is 22.0. The van der Waals surface area contributed by atoms with E-state index in [1.54, 1.807) is 14.2 Å². The number of rotatable bonds is 5. The maximum Gasteiger partial charge on any atom is 0.319 e. The Kier molecular flexibility index (Phi) is 6.44. The molecule has 2 fully saturated rings. The van der Waals surface area contributed by atoms with Crippen molar-refractivity contribution in [2.45, 2.75) is 43.2 Å². The minimum atomic E-state index is -0.147. The van der Waals surface area contributed by atoms with E-state index < -0.39 is 0 Å². The third-order valence-corrected chi connectivity index (χ3v) is 7.45. The zero-order valence-corrected chi connectivity index (χ0v) is 19.9. The number of hydrogen-bond donors (Lipinski definition) is 2. The molecule has 6 nitrogen and oxygen atoms in total. The maximum absolute atomic E-state index is 12.6. The number of hydrogen-bond acceptors (Lipinski definition) is 4. The summed E-state index contributed by atoms with van der Waals surface area (Å²) in [5.41, 5.74) is 2.17. The van der Waals surface area contributed by atoms with E-state index in [-0.39, 0.29) is 17.5 Å². The second-order valence-corrected chi connectivity index (χ2v) is 9.46. The van der Waals surface area contributed by atoms with Gasteiger partial charge in [0.05, 0.1) is 14.2 Å². The molecule has 0 aromatic heterocycles. The predicted octanol–water partition coefficient (Wildman–Crippen LogP) is 4.78. The van der Waals surface area contributed by atoms with Crippen LogP contribution in [0.15, 0.2) is 46.9 Å². The topological polar surface area (TPSA) is 62.8 Å². The zero-order valence-electron chi connectivity index (χ0n) is 18.3. The molecular formula is C24H30BrN3O3. The fourth-order valence-corrected chi connectivity index (χ4v) is 5.54. The highest BCUT2D eigenvalue weighted by molar-refractivity contribution is 9.10. The van der Waals surface area contributed by atoms with Gasteiger partial charge in [-0.25, -0.2) is 4.79 Å². The fourth-order valence-electron chi connectivity index (χ4n) is 5.28. The molecule has 2 amide bonds. The molecule has 2 aromatic rings. The SMILES string of the molecule is COc1ccc(C23CCC(NC(=O)Nc4ccc(Br)cc4)CC2N(C)CC3)cc1OC. The Morgan fingerprint density at radius 3 is 2.55 bits per heavy atom. The average molecular weight is 488 g/mol. The van der Waals surface area contributed by atoms with Crippen LogP contribution in [0.5, 0.6) is 11.5 Å². The molecule has 1 saturated heterocycles. The first-order chi connectivity index (χ1) is 14.9. The number of carbonyl (C=O) groups is 1. The lowest BCUT2D eigenvalue weighted by Crippen LogP contribution is -2.52. The van der Waals surface area contributed by atoms with Crippen molar-refractivity contribution >= 4 is 27.6 Å². The molecule has 0 bridgehead atoms. The molecule has 2 aliphatic rings. The minimum absolute atomic E-state index is 0.0780. The van der Waals surface area contributed by atoms with Crippen molar-refractivity contribution in [1.82, 2.24) is 10.2 Å². The van der Waals surface area contributed by atoms with Crippen LogP contribution < -0.4 is 20.1 Å². The molecule has 1 aliphatic heterocycles. The van der Waals surface area contributed by atoms with Crippen LogP contribution in [0, 0.1) is 0 Å². The van der Waals surface area contributed by atoms with Crippen molar-refractivity contribution in [3.63, 3.8) is 0 Å². The van der Waals surface area contributed by atoms with Crippen LogP contribution in [0.2, 0.25) is 0 Å². The summed E-state index contributed by atoms with van der Waals surface area (Å²) in [5.74, 6) is 1.53. The lowest BCUT2D eigenvalue weighted by molar-refractivity contribution is 0.156. The predicted molar refractivity (Wildman–Crippen MR) is 126 cm³/mol. The van der Waals surface area contributed by atoms with Crippen molar-refractivity contribution in [3.05, 3.63) is 52.5 Å². The standard InChI is InChI=1S/C24H30BrN3O3/c1-28-13-12-24(16-4-9-20(30-2)21(14-16)31-3)11-10-19(15-22(24)28)27-23(29)26-18-7-5-17(25)6-8-18/h4-9,14,19,22H,10-13,15H2,1-3H3,(H2,26,27,29). The Bertz CT molecular complexity index is 936. The summed E-state index contributed by atoms with van der Waals surface area (Å²) >= 11 is 3.42. The quantitative estimate of drug-likeness (QED) is 0.636. The van der Waals surface area contributed by atoms with E-state index in [0.29, 0.717) is 6.04 Å². The van der Waals surface area contributed by atoms with Crippen LogP contribution in [0.25, 0.3) is 0 Å². The van der Waals surface area contributed by atoms with Gasteiger partial charge in [0, 0.05) is 27.7 Å². The molecule has 2 N–H and O–H groups in total. The normalized spacial score (nSPS) is 25.5. The Hall–Kier alpha value is -2.25. The van der Waals surface area contributed by atoms with Crippen molar-refractivity contribution in [2.75, 3.05) is 33.1 Å². The summed E-state index contributed by atoms with van der Waals surface area (Å²) in [5, 5.41) is 6.13. The molecule has 7 heteroatoms. The smallest absolute Gasteiger partial charge is 0.319 e. The molecule has 166 valence electrons. The number of carbonyl (C=O) groups excluding carboxylic acids is 1. The van der Waals surface area contributed by atoms with Crippen LogP contribution in [0.4, 0.5) is 10.5 Å². The second-order valence-electron chi connectivity index (χ2n) is 8.55. The molecule has 1 saturated carbocycles. The van der Waals surface area contributed by atoms with Gasteiger partial charge in [-0.2, -0.15) is 0 Å². The number of anilines is 1. The highest BCUT2D eigenvalue weighted by atomic mass is 79.9. The van der Waals surface area contributed by atoms with Crippen LogP contribution >= 0.6 is 15.9 Å². The Balaban J connectivity index is 1.47. The van der Waals surface area contributed by atoms with Gasteiger partial charge in [-0.15, -0.1) is 0 Å². The molecule has 3 atom stereocenters. The van der Waals surface area contributed by atoms with Crippen LogP contribution in [-0.2, 0) is 5.41 Å². The Morgan fingerprint density at radius 1 is 1.10 bits per heavy atom. The van der Waals surface area contributed by atoms with E-state index in [4.69, 9.17) is 9.47 Å².